The van der Waals surface area contributed by atoms with Gasteiger partial charge >= 0.3 is 0 Å². The number of likely N-dealkylation sites (N-methyl/N-ethyl adjacent to an activating group) is 1. The Balaban J connectivity index is 1.79. The third kappa shape index (κ3) is 4.31. The van der Waals surface area contributed by atoms with Gasteiger partial charge in [-0.3, -0.25) is 14.5 Å². The molecule has 2 aliphatic rings. The molecular weight excluding hydrogens is 358 g/mol. The van der Waals surface area contributed by atoms with Crippen LogP contribution in [0.25, 0.3) is 0 Å². The van der Waals surface area contributed by atoms with Gasteiger partial charge in [0.05, 0.1) is 32.7 Å². The summed E-state index contributed by atoms with van der Waals surface area (Å²) in [7, 11) is 6.84. The van der Waals surface area contributed by atoms with Gasteiger partial charge in [0.15, 0.2) is 0 Å². The first kappa shape index (κ1) is 20.6. The molecule has 2 fully saturated rings. The van der Waals surface area contributed by atoms with Crippen molar-refractivity contribution in [2.45, 2.75) is 12.5 Å². The van der Waals surface area contributed by atoms with E-state index in [0.29, 0.717) is 31.4 Å². The lowest BCUT2D eigenvalue weighted by atomic mass is 9.89. The number of carbonyl (C=O) groups excluding carboxylic acids is 2. The second kappa shape index (κ2) is 8.92. The third-order valence-electron chi connectivity index (χ3n) is 5.90. The number of rotatable bonds is 7. The van der Waals surface area contributed by atoms with Crippen molar-refractivity contribution in [1.82, 2.24) is 14.7 Å². The van der Waals surface area contributed by atoms with Crippen LogP contribution in [0.5, 0.6) is 5.75 Å². The number of benzene rings is 1. The number of hydrogen-bond donors (Lipinski definition) is 0. The van der Waals surface area contributed by atoms with Gasteiger partial charge in [-0.1, -0.05) is 12.1 Å². The second-order valence-electron chi connectivity index (χ2n) is 7.91. The third-order valence-corrected chi connectivity index (χ3v) is 5.90. The molecule has 0 unspecified atom stereocenters. The molecule has 0 saturated carbocycles. The Hall–Kier alpha value is -2.12. The molecule has 0 radical (unpaired) electrons. The average molecular weight is 389 g/mol. The lowest BCUT2D eigenvalue weighted by molar-refractivity contribution is -0.134. The standard InChI is InChI=1S/C21H31N3O4/c1-22(2)20(26)14-23-11-16-12-24(19(25)9-10-27-3)21(18(16)13-23)15-5-7-17(28-4)8-6-15/h5-8,16,18,21H,9-14H2,1-4H3/t16-,18-,21-/m0/s1. The SMILES string of the molecule is COCCC(=O)N1C[C@@H]2CN(CC(=O)N(C)C)C[C@@H]2[C@@H]1c1ccc(OC)cc1. The maximum atomic E-state index is 12.8. The zero-order valence-electron chi connectivity index (χ0n) is 17.3. The van der Waals surface area contributed by atoms with Crippen molar-refractivity contribution >= 4 is 11.8 Å². The Morgan fingerprint density at radius 3 is 2.43 bits per heavy atom. The molecule has 0 spiro atoms. The van der Waals surface area contributed by atoms with Gasteiger partial charge in [-0.25, -0.2) is 0 Å². The topological polar surface area (TPSA) is 62.3 Å². The van der Waals surface area contributed by atoms with E-state index in [1.165, 1.54) is 0 Å². The lowest BCUT2D eigenvalue weighted by Gasteiger charge is -2.30. The lowest BCUT2D eigenvalue weighted by Crippen LogP contribution is -2.39. The number of carbonyl (C=O) groups is 2. The van der Waals surface area contributed by atoms with E-state index in [1.54, 1.807) is 33.2 Å². The maximum absolute atomic E-state index is 12.8. The monoisotopic (exact) mass is 389 g/mol. The number of nitrogens with zero attached hydrogens (tertiary/aromatic N) is 3. The van der Waals surface area contributed by atoms with Crippen LogP contribution in [0, 0.1) is 11.8 Å². The first-order valence-electron chi connectivity index (χ1n) is 9.79. The second-order valence-corrected chi connectivity index (χ2v) is 7.91. The molecule has 154 valence electrons. The van der Waals surface area contributed by atoms with Crippen LogP contribution < -0.4 is 4.74 Å². The number of hydrogen-bond acceptors (Lipinski definition) is 5. The first-order chi connectivity index (χ1) is 13.4. The van der Waals surface area contributed by atoms with E-state index in [2.05, 4.69) is 17.0 Å². The molecule has 0 aliphatic carbocycles. The molecular formula is C21H31N3O4. The van der Waals surface area contributed by atoms with E-state index in [1.807, 2.05) is 17.0 Å². The predicted octanol–water partition coefficient (Wildman–Crippen LogP) is 1.25. The quantitative estimate of drug-likeness (QED) is 0.702. The van der Waals surface area contributed by atoms with Crippen molar-refractivity contribution in [2.24, 2.45) is 11.8 Å². The molecule has 1 aromatic rings. The molecule has 0 aromatic heterocycles. The van der Waals surface area contributed by atoms with Gasteiger partial charge in [-0.15, -0.1) is 0 Å². The fourth-order valence-corrected chi connectivity index (χ4v) is 4.42. The number of amides is 2. The molecule has 0 N–H and O–H groups in total. The molecule has 2 saturated heterocycles. The number of likely N-dealkylation sites (tertiary alicyclic amines) is 2. The Morgan fingerprint density at radius 1 is 1.11 bits per heavy atom. The van der Waals surface area contributed by atoms with Gasteiger partial charge in [-0.2, -0.15) is 0 Å². The minimum absolute atomic E-state index is 0.0275. The highest BCUT2D eigenvalue weighted by Crippen LogP contribution is 2.45. The van der Waals surface area contributed by atoms with Crippen molar-refractivity contribution in [3.05, 3.63) is 29.8 Å². The van der Waals surface area contributed by atoms with Crippen LogP contribution in [0.2, 0.25) is 0 Å². The minimum Gasteiger partial charge on any atom is -0.497 e. The van der Waals surface area contributed by atoms with Gasteiger partial charge in [-0.05, 0) is 23.6 Å². The summed E-state index contributed by atoms with van der Waals surface area (Å²) in [5, 5.41) is 0. The van der Waals surface area contributed by atoms with Gasteiger partial charge in [0, 0.05) is 46.8 Å². The molecule has 0 bridgehead atoms. The number of ether oxygens (including phenoxy) is 2. The van der Waals surface area contributed by atoms with Gasteiger partial charge in [0.1, 0.15) is 5.75 Å². The van der Waals surface area contributed by atoms with Crippen molar-refractivity contribution in [1.29, 1.82) is 0 Å². The molecule has 2 amide bonds. The summed E-state index contributed by atoms with van der Waals surface area (Å²) in [6.07, 6.45) is 0.394. The zero-order valence-corrected chi connectivity index (χ0v) is 17.3. The normalized spacial score (nSPS) is 24.3. The van der Waals surface area contributed by atoms with Crippen LogP contribution in [0.15, 0.2) is 24.3 Å². The van der Waals surface area contributed by atoms with Gasteiger partial charge in [0.25, 0.3) is 0 Å². The van der Waals surface area contributed by atoms with E-state index in [4.69, 9.17) is 9.47 Å². The van der Waals surface area contributed by atoms with Crippen LogP contribution >= 0.6 is 0 Å². The van der Waals surface area contributed by atoms with Gasteiger partial charge in [0.2, 0.25) is 11.8 Å². The molecule has 28 heavy (non-hydrogen) atoms. The Morgan fingerprint density at radius 2 is 1.82 bits per heavy atom. The largest absolute Gasteiger partial charge is 0.497 e. The van der Waals surface area contributed by atoms with Crippen LogP contribution in [0.3, 0.4) is 0 Å². The summed E-state index contributed by atoms with van der Waals surface area (Å²) >= 11 is 0. The van der Waals surface area contributed by atoms with Crippen molar-refractivity contribution in [2.75, 3.05) is 61.1 Å². The fraction of sp³-hybridized carbons (Fsp3) is 0.619. The van der Waals surface area contributed by atoms with Gasteiger partial charge < -0.3 is 19.3 Å². The van der Waals surface area contributed by atoms with E-state index < -0.39 is 0 Å². The summed E-state index contributed by atoms with van der Waals surface area (Å²) in [4.78, 5) is 30.8. The molecule has 7 nitrogen and oxygen atoms in total. The summed E-state index contributed by atoms with van der Waals surface area (Å²) in [6.45, 7) is 3.28. The van der Waals surface area contributed by atoms with Crippen molar-refractivity contribution in [3.63, 3.8) is 0 Å². The van der Waals surface area contributed by atoms with Crippen LogP contribution in [0.1, 0.15) is 18.0 Å². The molecule has 1 aromatic carbocycles. The minimum atomic E-state index is 0.0275. The Kier molecular flexibility index (Phi) is 6.57. The Labute approximate surface area is 167 Å². The van der Waals surface area contributed by atoms with E-state index in [9.17, 15) is 9.59 Å². The maximum Gasteiger partial charge on any atom is 0.236 e. The number of methoxy groups -OCH3 is 2. The van der Waals surface area contributed by atoms with Crippen molar-refractivity contribution in [3.8, 4) is 5.75 Å². The first-order valence-corrected chi connectivity index (χ1v) is 9.79. The molecule has 2 aliphatic heterocycles. The highest BCUT2D eigenvalue weighted by molar-refractivity contribution is 5.78. The van der Waals surface area contributed by atoms with Crippen molar-refractivity contribution < 1.29 is 19.1 Å². The molecule has 3 rings (SSSR count). The zero-order chi connectivity index (χ0) is 20.3. The average Bonchev–Trinajstić information content (AvgIpc) is 3.23. The van der Waals surface area contributed by atoms with Crippen LogP contribution in [-0.2, 0) is 14.3 Å². The summed E-state index contributed by atoms with van der Waals surface area (Å²) in [5.41, 5.74) is 1.12. The molecule has 3 atom stereocenters. The molecule has 2 heterocycles. The molecule has 7 heteroatoms. The van der Waals surface area contributed by atoms with E-state index >= 15 is 0 Å². The van der Waals surface area contributed by atoms with Crippen LogP contribution in [-0.4, -0.2) is 87.6 Å². The summed E-state index contributed by atoms with van der Waals surface area (Å²) in [6, 6.07) is 8.03. The summed E-state index contributed by atoms with van der Waals surface area (Å²) in [5.74, 6) is 1.77. The van der Waals surface area contributed by atoms with E-state index in [-0.39, 0.29) is 17.9 Å². The summed E-state index contributed by atoms with van der Waals surface area (Å²) < 4.78 is 10.4. The Bertz CT molecular complexity index is 691. The highest BCUT2D eigenvalue weighted by atomic mass is 16.5. The predicted molar refractivity (Wildman–Crippen MR) is 106 cm³/mol. The van der Waals surface area contributed by atoms with Crippen LogP contribution in [0.4, 0.5) is 0 Å². The number of fused-ring (bicyclic) bond motifs is 1. The van der Waals surface area contributed by atoms with E-state index in [0.717, 1.165) is 30.9 Å². The fourth-order valence-electron chi connectivity index (χ4n) is 4.42. The smallest absolute Gasteiger partial charge is 0.236 e. The highest BCUT2D eigenvalue weighted by Gasteiger charge is 2.49.